The molecular weight excluding hydrogens is 274 g/mol. The topological polar surface area (TPSA) is 32.7 Å². The second kappa shape index (κ2) is 8.23. The molecule has 0 saturated carbocycles. The Morgan fingerprint density at radius 2 is 1.82 bits per heavy atom. The molecular formula is C19H21NO2. The molecule has 0 radical (unpaired) electrons. The van der Waals surface area contributed by atoms with Crippen molar-refractivity contribution in [3.05, 3.63) is 54.6 Å². The lowest BCUT2D eigenvalue weighted by atomic mass is 10.1. The van der Waals surface area contributed by atoms with Gasteiger partial charge in [-0.3, -0.25) is 4.90 Å². The SMILES string of the molecule is C#CCN(C)CC(O)COc1ccccc1-c1ccccc1. The van der Waals surface area contributed by atoms with Crippen LogP contribution in [0.15, 0.2) is 54.6 Å². The molecule has 0 aromatic heterocycles. The highest BCUT2D eigenvalue weighted by molar-refractivity contribution is 5.70. The third-order valence-corrected chi connectivity index (χ3v) is 3.29. The Hall–Kier alpha value is -2.28. The molecule has 3 nitrogen and oxygen atoms in total. The van der Waals surface area contributed by atoms with Crippen LogP contribution in [0, 0.1) is 12.3 Å². The Kier molecular flexibility index (Phi) is 6.02. The van der Waals surface area contributed by atoms with Crippen LogP contribution < -0.4 is 4.74 Å². The van der Waals surface area contributed by atoms with Crippen LogP contribution in [0.1, 0.15) is 0 Å². The molecule has 1 unspecified atom stereocenters. The zero-order valence-corrected chi connectivity index (χ0v) is 12.8. The van der Waals surface area contributed by atoms with E-state index < -0.39 is 6.10 Å². The minimum atomic E-state index is -0.581. The maximum absolute atomic E-state index is 10.0. The summed E-state index contributed by atoms with van der Waals surface area (Å²) in [7, 11) is 1.88. The van der Waals surface area contributed by atoms with Gasteiger partial charge in [-0.25, -0.2) is 0 Å². The standard InChI is InChI=1S/C19H21NO2/c1-3-13-20(2)14-17(21)15-22-19-12-8-7-11-18(19)16-9-5-4-6-10-16/h1,4-12,17,21H,13-15H2,2H3. The van der Waals surface area contributed by atoms with E-state index in [4.69, 9.17) is 11.2 Å². The number of para-hydroxylation sites is 1. The first-order valence-electron chi connectivity index (χ1n) is 7.28. The van der Waals surface area contributed by atoms with Crippen LogP contribution in [0.3, 0.4) is 0 Å². The molecule has 2 rings (SSSR count). The minimum absolute atomic E-state index is 0.235. The lowest BCUT2D eigenvalue weighted by Gasteiger charge is -2.19. The molecule has 0 spiro atoms. The number of nitrogens with zero attached hydrogens (tertiary/aromatic N) is 1. The minimum Gasteiger partial charge on any atom is -0.490 e. The smallest absolute Gasteiger partial charge is 0.127 e. The van der Waals surface area contributed by atoms with Crippen molar-refractivity contribution in [3.8, 4) is 29.2 Å². The summed E-state index contributed by atoms with van der Waals surface area (Å²) in [6.45, 7) is 1.23. The molecule has 0 amide bonds. The van der Waals surface area contributed by atoms with Crippen molar-refractivity contribution in [3.63, 3.8) is 0 Å². The van der Waals surface area contributed by atoms with Gasteiger partial charge in [0.1, 0.15) is 18.5 Å². The number of hydrogen-bond donors (Lipinski definition) is 1. The van der Waals surface area contributed by atoms with E-state index in [9.17, 15) is 5.11 Å². The van der Waals surface area contributed by atoms with E-state index >= 15 is 0 Å². The van der Waals surface area contributed by atoms with Crippen LogP contribution in [0.4, 0.5) is 0 Å². The van der Waals surface area contributed by atoms with E-state index in [0.29, 0.717) is 13.1 Å². The number of benzene rings is 2. The summed E-state index contributed by atoms with van der Waals surface area (Å²) in [5, 5.41) is 10.0. The maximum Gasteiger partial charge on any atom is 0.127 e. The molecule has 114 valence electrons. The van der Waals surface area contributed by atoms with Gasteiger partial charge in [-0.1, -0.05) is 54.5 Å². The highest BCUT2D eigenvalue weighted by Gasteiger charge is 2.11. The van der Waals surface area contributed by atoms with Gasteiger partial charge in [0.15, 0.2) is 0 Å². The average Bonchev–Trinajstić information content (AvgIpc) is 2.54. The number of hydrogen-bond acceptors (Lipinski definition) is 3. The van der Waals surface area contributed by atoms with Crippen LogP contribution in [-0.4, -0.2) is 42.9 Å². The van der Waals surface area contributed by atoms with E-state index in [2.05, 4.69) is 5.92 Å². The van der Waals surface area contributed by atoms with E-state index in [1.165, 1.54) is 0 Å². The largest absolute Gasteiger partial charge is 0.490 e. The highest BCUT2D eigenvalue weighted by Crippen LogP contribution is 2.29. The third-order valence-electron chi connectivity index (χ3n) is 3.29. The molecule has 1 atom stereocenters. The van der Waals surface area contributed by atoms with Gasteiger partial charge in [0.25, 0.3) is 0 Å². The molecule has 0 aliphatic carbocycles. The first-order chi connectivity index (χ1) is 10.7. The number of aliphatic hydroxyl groups excluding tert-OH is 1. The summed E-state index contributed by atoms with van der Waals surface area (Å²) in [5.41, 5.74) is 2.12. The molecule has 0 fully saturated rings. The number of likely N-dealkylation sites (N-methyl/N-ethyl adjacent to an activating group) is 1. The first kappa shape index (κ1) is 16.1. The molecule has 0 bridgehead atoms. The summed E-state index contributed by atoms with van der Waals surface area (Å²) in [6.07, 6.45) is 4.67. The molecule has 0 saturated heterocycles. The van der Waals surface area contributed by atoms with Gasteiger partial charge >= 0.3 is 0 Å². The summed E-state index contributed by atoms with van der Waals surface area (Å²) < 4.78 is 5.80. The average molecular weight is 295 g/mol. The Morgan fingerprint density at radius 1 is 1.14 bits per heavy atom. The first-order valence-corrected chi connectivity index (χ1v) is 7.28. The Labute approximate surface area is 132 Å². The molecule has 1 N–H and O–H groups in total. The summed E-state index contributed by atoms with van der Waals surface area (Å²) in [6, 6.07) is 17.9. The van der Waals surface area contributed by atoms with E-state index in [-0.39, 0.29) is 6.61 Å². The zero-order valence-electron chi connectivity index (χ0n) is 12.8. The van der Waals surface area contributed by atoms with Gasteiger partial charge in [0.05, 0.1) is 6.54 Å². The van der Waals surface area contributed by atoms with Gasteiger partial charge in [0.2, 0.25) is 0 Å². The van der Waals surface area contributed by atoms with E-state index in [0.717, 1.165) is 16.9 Å². The van der Waals surface area contributed by atoms with Crippen molar-refractivity contribution in [2.45, 2.75) is 6.10 Å². The summed E-state index contributed by atoms with van der Waals surface area (Å²) >= 11 is 0. The normalized spacial score (nSPS) is 11.9. The third kappa shape index (κ3) is 4.63. The van der Waals surface area contributed by atoms with Gasteiger partial charge in [-0.15, -0.1) is 6.42 Å². The maximum atomic E-state index is 10.0. The fourth-order valence-electron chi connectivity index (χ4n) is 2.27. The number of ether oxygens (including phenoxy) is 1. The van der Waals surface area contributed by atoms with E-state index in [1.54, 1.807) is 0 Å². The van der Waals surface area contributed by atoms with Crippen LogP contribution in [0.2, 0.25) is 0 Å². The molecule has 22 heavy (non-hydrogen) atoms. The van der Waals surface area contributed by atoms with Crippen LogP contribution in [-0.2, 0) is 0 Å². The predicted octanol–water partition coefficient (Wildman–Crippen LogP) is 2.66. The quantitative estimate of drug-likeness (QED) is 0.797. The van der Waals surface area contributed by atoms with Crippen molar-refractivity contribution in [2.75, 3.05) is 26.7 Å². The van der Waals surface area contributed by atoms with E-state index in [1.807, 2.05) is 66.5 Å². The predicted molar refractivity (Wildman–Crippen MR) is 89.7 cm³/mol. The van der Waals surface area contributed by atoms with Crippen molar-refractivity contribution in [1.82, 2.24) is 4.90 Å². The number of aliphatic hydroxyl groups is 1. The van der Waals surface area contributed by atoms with Gasteiger partial charge in [-0.2, -0.15) is 0 Å². The summed E-state index contributed by atoms with van der Waals surface area (Å²) in [4.78, 5) is 1.89. The second-order valence-corrected chi connectivity index (χ2v) is 5.23. The Bertz CT molecular complexity index is 619. The Morgan fingerprint density at radius 3 is 2.55 bits per heavy atom. The lowest BCUT2D eigenvalue weighted by molar-refractivity contribution is 0.0802. The zero-order chi connectivity index (χ0) is 15.8. The molecule has 0 aliphatic rings. The summed E-state index contributed by atoms with van der Waals surface area (Å²) in [5.74, 6) is 3.32. The van der Waals surface area contributed by atoms with Crippen LogP contribution in [0.5, 0.6) is 5.75 Å². The van der Waals surface area contributed by atoms with Crippen LogP contribution in [0.25, 0.3) is 11.1 Å². The van der Waals surface area contributed by atoms with Crippen molar-refractivity contribution < 1.29 is 9.84 Å². The highest BCUT2D eigenvalue weighted by atomic mass is 16.5. The van der Waals surface area contributed by atoms with Crippen molar-refractivity contribution >= 4 is 0 Å². The van der Waals surface area contributed by atoms with Crippen molar-refractivity contribution in [1.29, 1.82) is 0 Å². The Balaban J connectivity index is 2.01. The molecule has 0 aliphatic heterocycles. The lowest BCUT2D eigenvalue weighted by Crippen LogP contribution is -2.33. The number of terminal acetylenes is 1. The molecule has 2 aromatic carbocycles. The second-order valence-electron chi connectivity index (χ2n) is 5.23. The van der Waals surface area contributed by atoms with Crippen LogP contribution >= 0.6 is 0 Å². The fraction of sp³-hybridized carbons (Fsp3) is 0.263. The molecule has 0 heterocycles. The van der Waals surface area contributed by atoms with Gasteiger partial charge in [0, 0.05) is 12.1 Å². The monoisotopic (exact) mass is 295 g/mol. The van der Waals surface area contributed by atoms with Gasteiger partial charge in [-0.05, 0) is 18.7 Å². The van der Waals surface area contributed by atoms with Crippen molar-refractivity contribution in [2.24, 2.45) is 0 Å². The molecule has 3 heteroatoms. The number of rotatable bonds is 7. The van der Waals surface area contributed by atoms with Gasteiger partial charge < -0.3 is 9.84 Å². The fourth-order valence-corrected chi connectivity index (χ4v) is 2.27. The molecule has 2 aromatic rings.